The Balaban J connectivity index is 1.60. The lowest BCUT2D eigenvalue weighted by molar-refractivity contribution is 0.304. The summed E-state index contributed by atoms with van der Waals surface area (Å²) in [6.07, 6.45) is 13.3. The van der Waals surface area contributed by atoms with Gasteiger partial charge < -0.3 is 4.74 Å². The maximum absolute atomic E-state index is 8.80. The number of hydrogen-bond donors (Lipinski definition) is 0. The molecule has 0 aromatic heterocycles. The number of unbranched alkanes of at least 4 members (excludes halogenated alkanes) is 9. The summed E-state index contributed by atoms with van der Waals surface area (Å²) in [4.78, 5) is 0. The van der Waals surface area contributed by atoms with Crippen LogP contribution in [0, 0.1) is 35.0 Å². The molecule has 0 aliphatic heterocycles. The second kappa shape index (κ2) is 15.7. The highest BCUT2D eigenvalue weighted by Gasteiger charge is 1.96. The molecule has 0 atom stereocenters. The van der Waals surface area contributed by atoms with Gasteiger partial charge in [-0.1, -0.05) is 76.6 Å². The van der Waals surface area contributed by atoms with Crippen molar-refractivity contribution >= 4 is 0 Å². The Hall–Kier alpha value is -3.15. The van der Waals surface area contributed by atoms with Crippen molar-refractivity contribution in [3.05, 3.63) is 65.2 Å². The van der Waals surface area contributed by atoms with E-state index >= 15 is 0 Å². The highest BCUT2D eigenvalue weighted by Crippen LogP contribution is 2.14. The molecule has 2 rings (SSSR count). The topological polar surface area (TPSA) is 33.0 Å². The fourth-order valence-corrected chi connectivity index (χ4v) is 3.25. The highest BCUT2D eigenvalue weighted by molar-refractivity contribution is 5.46. The van der Waals surface area contributed by atoms with Gasteiger partial charge in [0, 0.05) is 11.1 Å². The van der Waals surface area contributed by atoms with E-state index in [0.29, 0.717) is 5.56 Å². The van der Waals surface area contributed by atoms with Gasteiger partial charge in [-0.05, 0) is 66.8 Å². The maximum atomic E-state index is 8.80. The van der Waals surface area contributed by atoms with Gasteiger partial charge in [-0.2, -0.15) is 5.26 Å². The molecule has 0 bridgehead atoms. The van der Waals surface area contributed by atoms with Crippen LogP contribution in [0.1, 0.15) is 87.8 Å². The van der Waals surface area contributed by atoms with Crippen molar-refractivity contribution in [2.45, 2.75) is 71.1 Å². The standard InChI is InChI=1S/C29H33NO/c1-2-3-4-5-6-7-8-9-10-13-24-31-29-22-20-27(21-23-29)15-12-11-14-26-16-18-28(25-30)19-17-26/h16-23H,2-10,13,24H2,1H3. The van der Waals surface area contributed by atoms with Gasteiger partial charge in [0.1, 0.15) is 5.75 Å². The molecule has 2 nitrogen and oxygen atoms in total. The average Bonchev–Trinajstić information content (AvgIpc) is 2.81. The van der Waals surface area contributed by atoms with Crippen LogP contribution in [-0.2, 0) is 0 Å². The van der Waals surface area contributed by atoms with E-state index in [-0.39, 0.29) is 0 Å². The second-order valence-corrected chi connectivity index (χ2v) is 7.74. The Morgan fingerprint density at radius 2 is 1.06 bits per heavy atom. The summed E-state index contributed by atoms with van der Waals surface area (Å²) in [6, 6.07) is 17.1. The van der Waals surface area contributed by atoms with Gasteiger partial charge in [0.25, 0.3) is 0 Å². The summed E-state index contributed by atoms with van der Waals surface area (Å²) in [6.45, 7) is 3.04. The van der Waals surface area contributed by atoms with Crippen LogP contribution in [0.2, 0.25) is 0 Å². The number of nitriles is 1. The minimum absolute atomic E-state index is 0.632. The van der Waals surface area contributed by atoms with Crippen LogP contribution in [0.3, 0.4) is 0 Å². The summed E-state index contributed by atoms with van der Waals surface area (Å²) in [5, 5.41) is 8.80. The predicted octanol–water partition coefficient (Wildman–Crippen LogP) is 7.26. The van der Waals surface area contributed by atoms with Crippen molar-refractivity contribution in [1.29, 1.82) is 5.26 Å². The lowest BCUT2D eigenvalue weighted by atomic mass is 10.1. The van der Waals surface area contributed by atoms with Crippen LogP contribution in [-0.4, -0.2) is 6.61 Å². The van der Waals surface area contributed by atoms with E-state index in [0.717, 1.165) is 29.9 Å². The quantitative estimate of drug-likeness (QED) is 0.272. The Morgan fingerprint density at radius 1 is 0.613 bits per heavy atom. The van der Waals surface area contributed by atoms with E-state index in [9.17, 15) is 0 Å². The SMILES string of the molecule is CCCCCCCCCCCCOc1ccc(C#CC#Cc2ccc(C#N)cc2)cc1. The van der Waals surface area contributed by atoms with Crippen LogP contribution in [0.25, 0.3) is 0 Å². The number of ether oxygens (including phenoxy) is 1. The Morgan fingerprint density at radius 3 is 1.58 bits per heavy atom. The first-order valence-corrected chi connectivity index (χ1v) is 11.6. The van der Waals surface area contributed by atoms with E-state index in [2.05, 4.69) is 36.7 Å². The van der Waals surface area contributed by atoms with Crippen LogP contribution in [0.4, 0.5) is 0 Å². The zero-order valence-corrected chi connectivity index (χ0v) is 18.8. The molecule has 0 saturated carbocycles. The molecule has 0 spiro atoms. The average molecular weight is 412 g/mol. The first-order valence-electron chi connectivity index (χ1n) is 11.6. The predicted molar refractivity (Wildman–Crippen MR) is 129 cm³/mol. The first kappa shape index (κ1) is 24.1. The fourth-order valence-electron chi connectivity index (χ4n) is 3.25. The maximum Gasteiger partial charge on any atom is 0.119 e. The molecule has 160 valence electrons. The van der Waals surface area contributed by atoms with Gasteiger partial charge in [-0.3, -0.25) is 0 Å². The van der Waals surface area contributed by atoms with Crippen molar-refractivity contribution in [2.24, 2.45) is 0 Å². The zero-order valence-electron chi connectivity index (χ0n) is 18.8. The number of hydrogen-bond acceptors (Lipinski definition) is 2. The van der Waals surface area contributed by atoms with E-state index in [1.165, 1.54) is 57.8 Å². The highest BCUT2D eigenvalue weighted by atomic mass is 16.5. The van der Waals surface area contributed by atoms with Gasteiger partial charge in [-0.15, -0.1) is 0 Å². The monoisotopic (exact) mass is 411 g/mol. The minimum atomic E-state index is 0.632. The third kappa shape index (κ3) is 11.0. The first-order chi connectivity index (χ1) is 15.3. The molecule has 0 unspecified atom stereocenters. The number of benzene rings is 2. The Bertz CT molecular complexity index is 912. The summed E-state index contributed by atoms with van der Waals surface area (Å²) in [5.74, 6) is 12.6. The van der Waals surface area contributed by atoms with E-state index in [1.807, 2.05) is 36.4 Å². The van der Waals surface area contributed by atoms with Crippen molar-refractivity contribution < 1.29 is 4.74 Å². The molecule has 0 amide bonds. The van der Waals surface area contributed by atoms with Crippen molar-refractivity contribution in [1.82, 2.24) is 0 Å². The number of rotatable bonds is 12. The second-order valence-electron chi connectivity index (χ2n) is 7.74. The Labute approximate surface area is 188 Å². The van der Waals surface area contributed by atoms with E-state index < -0.39 is 0 Å². The van der Waals surface area contributed by atoms with E-state index in [1.54, 1.807) is 12.1 Å². The molecular formula is C29H33NO. The summed E-state index contributed by atoms with van der Waals surface area (Å²) in [5.41, 5.74) is 2.40. The third-order valence-corrected chi connectivity index (χ3v) is 5.11. The van der Waals surface area contributed by atoms with Gasteiger partial charge in [-0.25, -0.2) is 0 Å². The smallest absolute Gasteiger partial charge is 0.119 e. The largest absolute Gasteiger partial charge is 0.494 e. The van der Waals surface area contributed by atoms with Crippen LogP contribution < -0.4 is 4.74 Å². The molecule has 0 N–H and O–H groups in total. The van der Waals surface area contributed by atoms with Crippen LogP contribution >= 0.6 is 0 Å². The van der Waals surface area contributed by atoms with E-state index in [4.69, 9.17) is 10.00 Å². The normalized spacial score (nSPS) is 9.68. The summed E-state index contributed by atoms with van der Waals surface area (Å²) < 4.78 is 5.84. The van der Waals surface area contributed by atoms with Gasteiger partial charge in [0.2, 0.25) is 0 Å². The molecule has 0 heterocycles. The molecule has 0 radical (unpaired) electrons. The number of nitrogens with zero attached hydrogens (tertiary/aromatic N) is 1. The lowest BCUT2D eigenvalue weighted by Crippen LogP contribution is -1.97. The van der Waals surface area contributed by atoms with Crippen molar-refractivity contribution in [3.63, 3.8) is 0 Å². The van der Waals surface area contributed by atoms with Crippen molar-refractivity contribution in [2.75, 3.05) is 6.61 Å². The summed E-state index contributed by atoms with van der Waals surface area (Å²) in [7, 11) is 0. The molecule has 2 aromatic rings. The minimum Gasteiger partial charge on any atom is -0.494 e. The van der Waals surface area contributed by atoms with Crippen LogP contribution in [0.15, 0.2) is 48.5 Å². The third-order valence-electron chi connectivity index (χ3n) is 5.11. The molecule has 0 saturated heterocycles. The van der Waals surface area contributed by atoms with Crippen LogP contribution in [0.5, 0.6) is 5.75 Å². The molecule has 2 aromatic carbocycles. The lowest BCUT2D eigenvalue weighted by Gasteiger charge is -2.06. The summed E-state index contributed by atoms with van der Waals surface area (Å²) >= 11 is 0. The molecule has 0 aliphatic carbocycles. The molecule has 0 fully saturated rings. The fraction of sp³-hybridized carbons (Fsp3) is 0.414. The molecular weight excluding hydrogens is 378 g/mol. The molecule has 31 heavy (non-hydrogen) atoms. The van der Waals surface area contributed by atoms with Gasteiger partial charge >= 0.3 is 0 Å². The molecule has 2 heteroatoms. The van der Waals surface area contributed by atoms with Crippen molar-refractivity contribution in [3.8, 4) is 35.5 Å². The zero-order chi connectivity index (χ0) is 22.0. The van der Waals surface area contributed by atoms with Gasteiger partial charge in [0.15, 0.2) is 0 Å². The molecule has 0 aliphatic rings. The van der Waals surface area contributed by atoms with Gasteiger partial charge in [0.05, 0.1) is 18.2 Å². The Kier molecular flexibility index (Phi) is 12.2.